The molecule has 0 aliphatic carbocycles. The van der Waals surface area contributed by atoms with E-state index >= 15 is 0 Å². The van der Waals surface area contributed by atoms with E-state index in [-0.39, 0.29) is 52.9 Å². The zero-order valence-corrected chi connectivity index (χ0v) is 24.5. The lowest BCUT2D eigenvalue weighted by Crippen LogP contribution is -2.37. The number of ether oxygens (including phenoxy) is 2. The first-order valence-corrected chi connectivity index (χ1v) is 14.7. The van der Waals surface area contributed by atoms with Gasteiger partial charge in [-0.1, -0.05) is 6.07 Å². The minimum absolute atomic E-state index is 0.0165. The first kappa shape index (κ1) is 28.7. The van der Waals surface area contributed by atoms with Crippen molar-refractivity contribution in [3.05, 3.63) is 76.4 Å². The van der Waals surface area contributed by atoms with E-state index < -0.39 is 34.3 Å². The Morgan fingerprint density at radius 2 is 1.79 bits per heavy atom. The van der Waals surface area contributed by atoms with Crippen LogP contribution in [0.15, 0.2) is 47.4 Å². The molecule has 15 heteroatoms. The summed E-state index contributed by atoms with van der Waals surface area (Å²) in [5.74, 6) is 0.656. The molecule has 0 fully saturated rings. The van der Waals surface area contributed by atoms with Crippen LogP contribution in [-0.4, -0.2) is 58.6 Å². The maximum atomic E-state index is 14.2. The molecule has 6 rings (SSSR count). The summed E-state index contributed by atoms with van der Waals surface area (Å²) >= 11 is 0. The van der Waals surface area contributed by atoms with Gasteiger partial charge in [-0.25, -0.2) is 13.1 Å². The number of anilines is 1. The van der Waals surface area contributed by atoms with Crippen LogP contribution in [-0.2, 0) is 36.2 Å². The van der Waals surface area contributed by atoms with E-state index in [1.54, 1.807) is 64.3 Å². The third kappa shape index (κ3) is 4.81. The number of nitrogens with zero attached hydrogens (tertiary/aromatic N) is 6. The topological polar surface area (TPSA) is 112 Å². The molecule has 2 aliphatic rings. The normalized spacial score (nSPS) is 15.0. The first-order chi connectivity index (χ1) is 20.3. The molecule has 0 radical (unpaired) electrons. The van der Waals surface area contributed by atoms with Crippen molar-refractivity contribution >= 4 is 21.6 Å². The fourth-order valence-electron chi connectivity index (χ4n) is 5.47. The number of carbonyl (C=O) groups excluding carboxylic acids is 1. The minimum atomic E-state index is -4.84. The van der Waals surface area contributed by atoms with Crippen molar-refractivity contribution in [3.63, 3.8) is 0 Å². The summed E-state index contributed by atoms with van der Waals surface area (Å²) < 4.78 is 84.2. The van der Waals surface area contributed by atoms with E-state index in [1.165, 1.54) is 15.6 Å². The number of alkyl halides is 3. The van der Waals surface area contributed by atoms with E-state index in [2.05, 4.69) is 10.2 Å². The highest BCUT2D eigenvalue weighted by Gasteiger charge is 2.43. The number of sulfonamides is 1. The first-order valence-electron chi connectivity index (χ1n) is 13.2. The molecule has 0 bridgehead atoms. The molecule has 11 nitrogen and oxygen atoms in total. The van der Waals surface area contributed by atoms with Crippen molar-refractivity contribution in [2.75, 3.05) is 25.3 Å². The number of aryl methyl sites for hydroxylation is 2. The molecule has 0 unspecified atom stereocenters. The zero-order valence-electron chi connectivity index (χ0n) is 23.6. The van der Waals surface area contributed by atoms with Crippen molar-refractivity contribution in [1.82, 2.24) is 23.9 Å². The number of amides is 1. The fraction of sp³-hybridized carbons (Fsp3) is 0.321. The Kier molecular flexibility index (Phi) is 6.76. The molecule has 0 N–H and O–H groups in total. The van der Waals surface area contributed by atoms with Crippen LogP contribution in [0.1, 0.15) is 38.7 Å². The maximum Gasteiger partial charge on any atom is 0.435 e. The summed E-state index contributed by atoms with van der Waals surface area (Å²) in [7, 11) is -0.963. The van der Waals surface area contributed by atoms with Gasteiger partial charge in [-0.15, -0.1) is 0 Å². The van der Waals surface area contributed by atoms with Crippen LogP contribution >= 0.6 is 0 Å². The molecule has 2 aliphatic heterocycles. The van der Waals surface area contributed by atoms with Crippen LogP contribution in [0, 0.1) is 13.8 Å². The van der Waals surface area contributed by atoms with Gasteiger partial charge in [-0.2, -0.15) is 27.7 Å². The summed E-state index contributed by atoms with van der Waals surface area (Å²) in [6.07, 6.45) is -4.86. The predicted molar refractivity (Wildman–Crippen MR) is 148 cm³/mol. The van der Waals surface area contributed by atoms with Gasteiger partial charge in [0.05, 0.1) is 22.8 Å². The van der Waals surface area contributed by atoms with E-state index in [0.717, 1.165) is 8.99 Å². The van der Waals surface area contributed by atoms with E-state index in [4.69, 9.17) is 9.47 Å². The summed E-state index contributed by atoms with van der Waals surface area (Å²) in [5.41, 5.74) is 0.492. The number of rotatable bonds is 5. The largest absolute Gasteiger partial charge is 0.454 e. The van der Waals surface area contributed by atoms with Gasteiger partial charge in [-0.3, -0.25) is 9.48 Å². The number of benzene rings is 2. The van der Waals surface area contributed by atoms with Crippen molar-refractivity contribution < 1.29 is 35.9 Å². The summed E-state index contributed by atoms with van der Waals surface area (Å²) in [5, 5.41) is 8.06. The number of hydrogen-bond donors (Lipinski definition) is 0. The molecule has 1 amide bonds. The van der Waals surface area contributed by atoms with Crippen molar-refractivity contribution in [3.8, 4) is 17.2 Å². The second-order valence-electron chi connectivity index (χ2n) is 10.3. The van der Waals surface area contributed by atoms with Gasteiger partial charge in [0, 0.05) is 56.5 Å². The number of halogens is 3. The van der Waals surface area contributed by atoms with E-state index in [1.807, 2.05) is 0 Å². The number of fused-ring (bicyclic) bond motifs is 2. The van der Waals surface area contributed by atoms with Crippen molar-refractivity contribution in [2.24, 2.45) is 7.05 Å². The molecular formula is C28H27F3N6O5S. The Morgan fingerprint density at radius 3 is 2.49 bits per heavy atom. The molecular weight excluding hydrogens is 589 g/mol. The predicted octanol–water partition coefficient (Wildman–Crippen LogP) is 3.99. The third-order valence-corrected chi connectivity index (χ3v) is 9.82. The SMILES string of the molecule is Cc1nn(C)c(C)c1S(=O)(=O)N1CCc2c(c(C(F)(F)F)nn2-c2cccc(C(=O)N(C)c3ccc4c(c3)OCO4)c2)C1. The summed E-state index contributed by atoms with van der Waals surface area (Å²) in [4.78, 5) is 14.8. The van der Waals surface area contributed by atoms with Crippen LogP contribution < -0.4 is 14.4 Å². The smallest absolute Gasteiger partial charge is 0.435 e. The highest BCUT2D eigenvalue weighted by Crippen LogP contribution is 2.39. The molecule has 2 aromatic carbocycles. The summed E-state index contributed by atoms with van der Waals surface area (Å²) in [6, 6.07) is 11.2. The third-order valence-electron chi connectivity index (χ3n) is 7.72. The Bertz CT molecular complexity index is 1880. The van der Waals surface area contributed by atoms with Crippen molar-refractivity contribution in [1.29, 1.82) is 0 Å². The molecule has 4 aromatic rings. The average Bonchev–Trinajstić information content (AvgIpc) is 3.66. The Balaban J connectivity index is 1.35. The van der Waals surface area contributed by atoms with Crippen LogP contribution in [0.2, 0.25) is 0 Å². The van der Waals surface area contributed by atoms with Gasteiger partial charge in [-0.05, 0) is 44.2 Å². The van der Waals surface area contributed by atoms with Crippen molar-refractivity contribution in [2.45, 2.75) is 37.9 Å². The molecule has 0 saturated carbocycles. The number of aromatic nitrogens is 4. The van der Waals surface area contributed by atoms with Crippen LogP contribution in [0.4, 0.5) is 18.9 Å². The molecule has 2 aromatic heterocycles. The standard InChI is InChI=1S/C28H27F3N6O5S/c1-16-25(17(2)35(4)32-16)43(39,40)36-11-10-22-21(14-36)26(28(29,30)31)33-37(22)20-7-5-6-18(12-20)27(38)34(3)19-8-9-23-24(13-19)42-15-41-23/h5-9,12-13H,10-11,14-15H2,1-4H3. The van der Waals surface area contributed by atoms with Gasteiger partial charge in [0.15, 0.2) is 17.2 Å². The quantitative estimate of drug-likeness (QED) is 0.333. The van der Waals surface area contributed by atoms with Gasteiger partial charge in [0.2, 0.25) is 16.8 Å². The average molecular weight is 617 g/mol. The molecule has 4 heterocycles. The highest BCUT2D eigenvalue weighted by atomic mass is 32.2. The van der Waals surface area contributed by atoms with Gasteiger partial charge < -0.3 is 14.4 Å². The second kappa shape index (κ2) is 10.1. The Labute approximate surface area is 245 Å². The number of hydrogen-bond acceptors (Lipinski definition) is 7. The lowest BCUT2D eigenvalue weighted by molar-refractivity contribution is -0.142. The Hall–Kier alpha value is -4.37. The van der Waals surface area contributed by atoms with Crippen LogP contribution in [0.5, 0.6) is 11.5 Å². The molecule has 0 spiro atoms. The second-order valence-corrected chi connectivity index (χ2v) is 12.2. The molecule has 43 heavy (non-hydrogen) atoms. The van der Waals surface area contributed by atoms with Crippen LogP contribution in [0.3, 0.4) is 0 Å². The lowest BCUT2D eigenvalue weighted by Gasteiger charge is -2.27. The Morgan fingerprint density at radius 1 is 1.05 bits per heavy atom. The maximum absolute atomic E-state index is 14.2. The van der Waals surface area contributed by atoms with Crippen LogP contribution in [0.25, 0.3) is 5.69 Å². The van der Waals surface area contributed by atoms with Gasteiger partial charge in [0.1, 0.15) is 4.90 Å². The van der Waals surface area contributed by atoms with Gasteiger partial charge >= 0.3 is 6.18 Å². The van der Waals surface area contributed by atoms with Gasteiger partial charge in [0.25, 0.3) is 5.91 Å². The summed E-state index contributed by atoms with van der Waals surface area (Å²) in [6.45, 7) is 2.66. The highest BCUT2D eigenvalue weighted by molar-refractivity contribution is 7.89. The lowest BCUT2D eigenvalue weighted by atomic mass is 10.1. The monoisotopic (exact) mass is 616 g/mol. The zero-order chi connectivity index (χ0) is 30.8. The molecule has 0 atom stereocenters. The fourth-order valence-corrected chi connectivity index (χ4v) is 7.28. The number of carbonyl (C=O) groups is 1. The van der Waals surface area contributed by atoms with E-state index in [0.29, 0.717) is 22.9 Å². The molecule has 0 saturated heterocycles. The minimum Gasteiger partial charge on any atom is -0.454 e. The molecule has 226 valence electrons. The van der Waals surface area contributed by atoms with E-state index in [9.17, 15) is 26.4 Å².